The Morgan fingerprint density at radius 2 is 1.84 bits per heavy atom. The smallest absolute Gasteiger partial charge is 0.416 e. The summed E-state index contributed by atoms with van der Waals surface area (Å²) in [7, 11) is -2.68. The van der Waals surface area contributed by atoms with Gasteiger partial charge in [0.05, 0.1) is 23.7 Å². The molecule has 1 aliphatic rings. The minimum atomic E-state index is -4.56. The van der Waals surface area contributed by atoms with Gasteiger partial charge in [-0.3, -0.25) is 4.72 Å². The first kappa shape index (κ1) is 26.7. The number of methoxy groups -OCH3 is 1. The Kier molecular flexibility index (Phi) is 7.33. The summed E-state index contributed by atoms with van der Waals surface area (Å²) in [6.45, 7) is 2.25. The van der Waals surface area contributed by atoms with E-state index in [9.17, 15) is 26.0 Å². The van der Waals surface area contributed by atoms with Gasteiger partial charge in [-0.15, -0.1) is 0 Å². The Hall–Kier alpha value is -3.38. The predicted octanol–water partition coefficient (Wildman–Crippen LogP) is 5.15. The van der Waals surface area contributed by atoms with Crippen molar-refractivity contribution in [3.63, 3.8) is 0 Å². The van der Waals surface area contributed by atoms with Crippen LogP contribution in [0.1, 0.15) is 30.0 Å². The molecule has 0 saturated carbocycles. The summed E-state index contributed by atoms with van der Waals surface area (Å²) in [5, 5.41) is 0. The fourth-order valence-corrected chi connectivity index (χ4v) is 5.21. The van der Waals surface area contributed by atoms with Crippen LogP contribution in [0.2, 0.25) is 0 Å². The van der Waals surface area contributed by atoms with E-state index in [1.807, 2.05) is 6.92 Å². The third-order valence-corrected chi connectivity index (χ3v) is 7.47. The van der Waals surface area contributed by atoms with E-state index in [1.54, 1.807) is 6.07 Å². The van der Waals surface area contributed by atoms with Crippen LogP contribution < -0.4 is 14.2 Å². The Balaban J connectivity index is 1.73. The lowest BCUT2D eigenvalue weighted by Crippen LogP contribution is -2.32. The average Bonchev–Trinajstić information content (AvgIpc) is 2.83. The number of hydrogen-bond donors (Lipinski definition) is 1. The summed E-state index contributed by atoms with van der Waals surface area (Å²) in [6.07, 6.45) is -4.15. The molecule has 4 rings (SSSR count). The third-order valence-electron chi connectivity index (χ3n) is 6.12. The number of anilines is 1. The molecule has 198 valence electrons. The van der Waals surface area contributed by atoms with Gasteiger partial charge in [-0.25, -0.2) is 13.4 Å². The fraction of sp³-hybridized carbons (Fsp3) is 0.320. The number of fused-ring (bicyclic) bond motifs is 1. The number of hydrogen-bond acceptors (Lipinski definition) is 6. The molecule has 0 saturated heterocycles. The highest BCUT2D eigenvalue weighted by atomic mass is 32.2. The molecule has 0 unspecified atom stereocenters. The number of aromatic nitrogens is 1. The number of sulfonamides is 1. The number of alkyl halides is 3. The first-order valence-electron chi connectivity index (χ1n) is 11.2. The number of halogens is 4. The molecule has 2 heterocycles. The second-order valence-electron chi connectivity index (χ2n) is 8.59. The van der Waals surface area contributed by atoms with Gasteiger partial charge in [0, 0.05) is 29.7 Å². The Morgan fingerprint density at radius 3 is 2.54 bits per heavy atom. The van der Waals surface area contributed by atoms with Gasteiger partial charge in [0.15, 0.2) is 0 Å². The monoisotopic (exact) mass is 540 g/mol. The van der Waals surface area contributed by atoms with Gasteiger partial charge in [-0.05, 0) is 36.8 Å². The molecule has 0 bridgehead atoms. The largest absolute Gasteiger partial charge is 0.493 e. The van der Waals surface area contributed by atoms with Crippen LogP contribution in [-0.4, -0.2) is 40.3 Å². The van der Waals surface area contributed by atoms with Crippen LogP contribution in [0.3, 0.4) is 0 Å². The summed E-state index contributed by atoms with van der Waals surface area (Å²) in [5.74, 6) is -0.722. The van der Waals surface area contributed by atoms with Crippen molar-refractivity contribution in [3.05, 3.63) is 77.2 Å². The topological polar surface area (TPSA) is 86.8 Å². The normalized spacial score (nSPS) is 17.6. The third kappa shape index (κ3) is 5.64. The van der Waals surface area contributed by atoms with Crippen LogP contribution in [-0.2, 0) is 26.4 Å². The van der Waals surface area contributed by atoms with Gasteiger partial charge in [0.25, 0.3) is 10.0 Å². The molecule has 0 fully saturated rings. The molecule has 1 N–H and O–H groups in total. The lowest BCUT2D eigenvalue weighted by molar-refractivity contribution is -0.137. The second-order valence-corrected chi connectivity index (χ2v) is 10.3. The zero-order chi connectivity index (χ0) is 26.8. The maximum Gasteiger partial charge on any atom is 0.416 e. The first-order chi connectivity index (χ1) is 17.4. The van der Waals surface area contributed by atoms with Crippen LogP contribution >= 0.6 is 0 Å². The van der Waals surface area contributed by atoms with E-state index >= 15 is 0 Å². The van der Waals surface area contributed by atoms with Crippen molar-refractivity contribution >= 4 is 15.8 Å². The number of ether oxygens (including phenoxy) is 3. The number of nitrogens with zero attached hydrogens (tertiary/aromatic N) is 1. The van der Waals surface area contributed by atoms with E-state index in [1.165, 1.54) is 37.4 Å². The summed E-state index contributed by atoms with van der Waals surface area (Å²) >= 11 is 0. The van der Waals surface area contributed by atoms with Gasteiger partial charge in [-0.1, -0.05) is 25.1 Å². The Morgan fingerprint density at radius 1 is 1.08 bits per heavy atom. The van der Waals surface area contributed by atoms with E-state index in [0.717, 1.165) is 18.2 Å². The van der Waals surface area contributed by atoms with Crippen molar-refractivity contribution in [2.24, 2.45) is 0 Å². The standard InChI is InChI=1S/C25H24F4N2O5S/c1-24(18-8-6-16(25(27,28)29)14-20(18)36-13-12-34-2)10-11-35-21-15-17(7-9-19(21)24)37(32,33)31-23-5-3-4-22(26)30-23/h3-9,14-15H,10-13H2,1-2H3,(H,30,31)/t24-/m0/s1. The number of benzene rings is 2. The van der Waals surface area contributed by atoms with E-state index in [0.29, 0.717) is 17.5 Å². The molecule has 0 amide bonds. The molecule has 1 atom stereocenters. The average molecular weight is 541 g/mol. The number of rotatable bonds is 8. The van der Waals surface area contributed by atoms with E-state index in [2.05, 4.69) is 9.71 Å². The highest BCUT2D eigenvalue weighted by Crippen LogP contribution is 2.48. The van der Waals surface area contributed by atoms with Crippen LogP contribution in [0.15, 0.2) is 59.5 Å². The molecule has 12 heteroatoms. The molecular formula is C25H24F4N2O5S. The molecule has 0 aliphatic carbocycles. The predicted molar refractivity (Wildman–Crippen MR) is 127 cm³/mol. The van der Waals surface area contributed by atoms with Crippen molar-refractivity contribution in [2.45, 2.75) is 29.8 Å². The molecule has 1 aliphatic heterocycles. The van der Waals surface area contributed by atoms with E-state index < -0.39 is 33.1 Å². The first-order valence-corrected chi connectivity index (χ1v) is 12.7. The molecule has 3 aromatic rings. The van der Waals surface area contributed by atoms with Gasteiger partial charge in [0.1, 0.15) is 23.9 Å². The molecule has 2 aromatic carbocycles. The van der Waals surface area contributed by atoms with Gasteiger partial charge < -0.3 is 14.2 Å². The van der Waals surface area contributed by atoms with Crippen molar-refractivity contribution in [1.82, 2.24) is 4.98 Å². The molecule has 0 radical (unpaired) electrons. The van der Waals surface area contributed by atoms with Crippen molar-refractivity contribution in [1.29, 1.82) is 0 Å². The minimum Gasteiger partial charge on any atom is -0.493 e. The Bertz CT molecular complexity index is 1400. The van der Waals surface area contributed by atoms with Crippen LogP contribution in [0, 0.1) is 5.95 Å². The van der Waals surface area contributed by atoms with E-state index in [4.69, 9.17) is 14.2 Å². The molecule has 37 heavy (non-hydrogen) atoms. The van der Waals surface area contributed by atoms with Crippen molar-refractivity contribution in [3.8, 4) is 11.5 Å². The zero-order valence-electron chi connectivity index (χ0n) is 19.9. The fourth-order valence-electron chi connectivity index (χ4n) is 4.20. The number of pyridine rings is 1. The highest BCUT2D eigenvalue weighted by molar-refractivity contribution is 7.92. The van der Waals surface area contributed by atoms with Crippen molar-refractivity contribution in [2.75, 3.05) is 31.7 Å². The maximum atomic E-state index is 13.4. The quantitative estimate of drug-likeness (QED) is 0.242. The lowest BCUT2D eigenvalue weighted by atomic mass is 9.72. The van der Waals surface area contributed by atoms with Crippen LogP contribution in [0.5, 0.6) is 11.5 Å². The summed E-state index contributed by atoms with van der Waals surface area (Å²) < 4.78 is 98.0. The minimum absolute atomic E-state index is 0.0429. The van der Waals surface area contributed by atoms with Gasteiger partial charge >= 0.3 is 6.18 Å². The SMILES string of the molecule is COCCOc1cc(C(F)(F)F)ccc1[C@]1(C)CCOc2cc(S(=O)(=O)Nc3cccc(F)n3)ccc21. The zero-order valence-corrected chi connectivity index (χ0v) is 20.7. The number of nitrogens with one attached hydrogen (secondary N) is 1. The highest BCUT2D eigenvalue weighted by Gasteiger charge is 2.40. The molecular weight excluding hydrogens is 516 g/mol. The van der Waals surface area contributed by atoms with Crippen LogP contribution in [0.25, 0.3) is 0 Å². The maximum absolute atomic E-state index is 13.4. The lowest BCUT2D eigenvalue weighted by Gasteiger charge is -2.37. The molecule has 0 spiro atoms. The van der Waals surface area contributed by atoms with Gasteiger partial charge in [0.2, 0.25) is 5.95 Å². The second kappa shape index (κ2) is 10.2. The molecule has 1 aromatic heterocycles. The van der Waals surface area contributed by atoms with Crippen LogP contribution in [0.4, 0.5) is 23.4 Å². The van der Waals surface area contributed by atoms with Crippen molar-refractivity contribution < 1.29 is 40.2 Å². The molecule has 7 nitrogen and oxygen atoms in total. The Labute approximate surface area is 211 Å². The summed E-state index contributed by atoms with van der Waals surface area (Å²) in [6, 6.07) is 11.3. The summed E-state index contributed by atoms with van der Waals surface area (Å²) in [5.41, 5.74) is -0.616. The van der Waals surface area contributed by atoms with Gasteiger partial charge in [-0.2, -0.15) is 17.6 Å². The summed E-state index contributed by atoms with van der Waals surface area (Å²) in [4.78, 5) is 3.36. The van der Waals surface area contributed by atoms with E-state index in [-0.39, 0.29) is 42.0 Å².